The minimum Gasteiger partial charge on any atom is -0.463 e. The van der Waals surface area contributed by atoms with Crippen LogP contribution in [0.3, 0.4) is 0 Å². The Morgan fingerprint density at radius 2 is 2.00 bits per heavy atom. The summed E-state index contributed by atoms with van der Waals surface area (Å²) in [5.74, 6) is -0.365. The molecule has 5 rings (SSSR count). The van der Waals surface area contributed by atoms with Crippen molar-refractivity contribution in [3.8, 4) is 5.69 Å². The first-order chi connectivity index (χ1) is 15.5. The molecule has 158 valence electrons. The van der Waals surface area contributed by atoms with Crippen molar-refractivity contribution in [3.05, 3.63) is 91.7 Å². The number of rotatable bonds is 4. The molecule has 5 aromatic rings. The molecule has 0 aliphatic carbocycles. The molecule has 2 aromatic carbocycles. The van der Waals surface area contributed by atoms with Gasteiger partial charge in [-0.15, -0.1) is 11.3 Å². The smallest absolute Gasteiger partial charge is 0.281 e. The topological polar surface area (TPSA) is 89.5 Å². The number of nitrogens with zero attached hydrogens (tertiary/aromatic N) is 3. The van der Waals surface area contributed by atoms with E-state index in [9.17, 15) is 9.59 Å². The van der Waals surface area contributed by atoms with E-state index in [4.69, 9.17) is 4.42 Å². The number of hydrogen-bond donors (Lipinski definition) is 1. The first-order valence-electron chi connectivity index (χ1n) is 9.60. The first kappa shape index (κ1) is 20.3. The molecule has 32 heavy (non-hydrogen) atoms. The average Bonchev–Trinajstić information content (AvgIpc) is 3.36. The largest absolute Gasteiger partial charge is 0.463 e. The van der Waals surface area contributed by atoms with Gasteiger partial charge in [-0.1, -0.05) is 34.1 Å². The van der Waals surface area contributed by atoms with Crippen LogP contribution in [0, 0.1) is 6.92 Å². The predicted octanol–water partition coefficient (Wildman–Crippen LogP) is 5.03. The molecule has 0 atom stereocenters. The Labute approximate surface area is 194 Å². The zero-order valence-electron chi connectivity index (χ0n) is 16.7. The highest BCUT2D eigenvalue weighted by Crippen LogP contribution is 2.30. The monoisotopic (exact) mass is 506 g/mol. The molecule has 0 saturated carbocycles. The van der Waals surface area contributed by atoms with Crippen molar-refractivity contribution in [3.63, 3.8) is 0 Å². The van der Waals surface area contributed by atoms with Crippen LogP contribution in [0.4, 0.5) is 0 Å². The number of fused-ring (bicyclic) bond motifs is 2. The molecule has 0 aliphatic rings. The highest BCUT2D eigenvalue weighted by atomic mass is 79.9. The molecule has 0 aliphatic heterocycles. The van der Waals surface area contributed by atoms with Crippen molar-refractivity contribution in [2.45, 2.75) is 6.92 Å². The summed E-state index contributed by atoms with van der Waals surface area (Å²) in [6, 6.07) is 16.7. The second kappa shape index (κ2) is 8.18. The maximum absolute atomic E-state index is 12.6. The van der Waals surface area contributed by atoms with Crippen LogP contribution in [0.1, 0.15) is 20.9 Å². The summed E-state index contributed by atoms with van der Waals surface area (Å²) in [5, 5.41) is 9.88. The fourth-order valence-electron chi connectivity index (χ4n) is 3.33. The second-order valence-electron chi connectivity index (χ2n) is 7.02. The van der Waals surface area contributed by atoms with Crippen molar-refractivity contribution in [1.29, 1.82) is 0 Å². The highest BCUT2D eigenvalue weighted by Gasteiger charge is 2.17. The number of benzene rings is 2. The molecule has 9 heteroatoms. The van der Waals surface area contributed by atoms with Crippen LogP contribution >= 0.6 is 27.3 Å². The highest BCUT2D eigenvalue weighted by molar-refractivity contribution is 9.10. The lowest BCUT2D eigenvalue weighted by Gasteiger charge is -2.01. The van der Waals surface area contributed by atoms with Crippen LogP contribution in [0.25, 0.3) is 26.9 Å². The molecule has 0 bridgehead atoms. The standard InChI is InChI=1S/C23H15BrN4O3S/c1-13-18-10-20(32-23(18)28(27-13)16-5-3-2-4-6-16)22(30)26-25-11-14-12-31-19-9-15(24)7-8-17(19)21(14)29/h2-12H,1H3,(H,26,30)/b25-11+. The molecule has 0 spiro atoms. The molecule has 0 saturated heterocycles. The summed E-state index contributed by atoms with van der Waals surface area (Å²) in [6.07, 6.45) is 2.61. The van der Waals surface area contributed by atoms with Crippen LogP contribution in [0.15, 0.2) is 79.6 Å². The van der Waals surface area contributed by atoms with E-state index in [1.807, 2.05) is 41.9 Å². The van der Waals surface area contributed by atoms with Crippen LogP contribution in [-0.2, 0) is 0 Å². The van der Waals surface area contributed by atoms with Gasteiger partial charge in [0.05, 0.1) is 33.4 Å². The van der Waals surface area contributed by atoms with Gasteiger partial charge in [0.1, 0.15) is 16.7 Å². The molecule has 0 radical (unpaired) electrons. The zero-order valence-corrected chi connectivity index (χ0v) is 19.1. The van der Waals surface area contributed by atoms with Gasteiger partial charge in [0, 0.05) is 9.86 Å². The number of aromatic nitrogens is 2. The van der Waals surface area contributed by atoms with Crippen LogP contribution in [0.2, 0.25) is 0 Å². The number of hydrogen-bond acceptors (Lipinski definition) is 6. The third-order valence-electron chi connectivity index (χ3n) is 4.90. The Kier molecular flexibility index (Phi) is 5.20. The number of carbonyl (C=O) groups is 1. The number of aryl methyl sites for hydroxylation is 1. The third-order valence-corrected chi connectivity index (χ3v) is 6.50. The first-order valence-corrected chi connectivity index (χ1v) is 11.2. The molecule has 0 fully saturated rings. The van der Waals surface area contributed by atoms with Gasteiger partial charge in [-0.25, -0.2) is 10.1 Å². The van der Waals surface area contributed by atoms with Crippen LogP contribution in [-0.4, -0.2) is 21.9 Å². The van der Waals surface area contributed by atoms with Gasteiger partial charge in [-0.2, -0.15) is 10.2 Å². The van der Waals surface area contributed by atoms with E-state index >= 15 is 0 Å². The fraction of sp³-hybridized carbons (Fsp3) is 0.0435. The van der Waals surface area contributed by atoms with Crippen LogP contribution < -0.4 is 10.9 Å². The summed E-state index contributed by atoms with van der Waals surface area (Å²) in [4.78, 5) is 26.6. The Morgan fingerprint density at radius 3 is 2.81 bits per heavy atom. The summed E-state index contributed by atoms with van der Waals surface area (Å²) in [5.41, 5.74) is 4.73. The number of para-hydroxylation sites is 1. The normalized spacial score (nSPS) is 11.6. The fourth-order valence-corrected chi connectivity index (χ4v) is 4.74. The van der Waals surface area contributed by atoms with Gasteiger partial charge in [0.25, 0.3) is 5.91 Å². The molecule has 7 nitrogen and oxygen atoms in total. The molecule has 3 heterocycles. The van der Waals surface area contributed by atoms with Gasteiger partial charge in [-0.3, -0.25) is 9.59 Å². The van der Waals surface area contributed by atoms with Crippen molar-refractivity contribution in [1.82, 2.24) is 15.2 Å². The van der Waals surface area contributed by atoms with Gasteiger partial charge < -0.3 is 4.42 Å². The van der Waals surface area contributed by atoms with E-state index in [1.54, 1.807) is 24.3 Å². The maximum atomic E-state index is 12.6. The molecular weight excluding hydrogens is 492 g/mol. The molecule has 0 unspecified atom stereocenters. The minimum absolute atomic E-state index is 0.225. The average molecular weight is 507 g/mol. The van der Waals surface area contributed by atoms with E-state index in [1.165, 1.54) is 23.8 Å². The Hall–Kier alpha value is -3.56. The number of hydrazone groups is 1. The summed E-state index contributed by atoms with van der Waals surface area (Å²) in [6.45, 7) is 1.91. The number of halogens is 1. The zero-order chi connectivity index (χ0) is 22.2. The predicted molar refractivity (Wildman–Crippen MR) is 129 cm³/mol. The number of amides is 1. The van der Waals surface area contributed by atoms with Crippen molar-refractivity contribution >= 4 is 60.6 Å². The van der Waals surface area contributed by atoms with E-state index < -0.39 is 0 Å². The van der Waals surface area contributed by atoms with Gasteiger partial charge in [0.15, 0.2) is 0 Å². The van der Waals surface area contributed by atoms with Crippen molar-refractivity contribution in [2.75, 3.05) is 0 Å². The van der Waals surface area contributed by atoms with Crippen LogP contribution in [0.5, 0.6) is 0 Å². The summed E-state index contributed by atoms with van der Waals surface area (Å²) >= 11 is 4.68. The lowest BCUT2D eigenvalue weighted by molar-refractivity contribution is 0.0959. The van der Waals surface area contributed by atoms with E-state index in [0.717, 1.165) is 26.1 Å². The van der Waals surface area contributed by atoms with Gasteiger partial charge in [0.2, 0.25) is 5.43 Å². The third kappa shape index (κ3) is 3.65. The molecular formula is C23H15BrN4O3S. The van der Waals surface area contributed by atoms with Crippen molar-refractivity contribution < 1.29 is 9.21 Å². The van der Waals surface area contributed by atoms with Gasteiger partial charge >= 0.3 is 0 Å². The van der Waals surface area contributed by atoms with E-state index in [0.29, 0.717) is 15.8 Å². The molecule has 3 aromatic heterocycles. The number of carbonyl (C=O) groups excluding carboxylic acids is 1. The maximum Gasteiger partial charge on any atom is 0.281 e. The number of thiophene rings is 1. The Balaban J connectivity index is 1.39. The summed E-state index contributed by atoms with van der Waals surface area (Å²) in [7, 11) is 0. The Bertz CT molecular complexity index is 1570. The minimum atomic E-state index is -0.365. The van der Waals surface area contributed by atoms with Gasteiger partial charge in [-0.05, 0) is 43.3 Å². The second-order valence-corrected chi connectivity index (χ2v) is 8.97. The SMILES string of the molecule is Cc1nn(-c2ccccc2)c2sc(C(=O)N/N=C/c3coc4cc(Br)ccc4c3=O)cc12. The molecule has 1 N–H and O–H groups in total. The lowest BCUT2D eigenvalue weighted by Crippen LogP contribution is -2.17. The lowest BCUT2D eigenvalue weighted by atomic mass is 10.2. The quantitative estimate of drug-likeness (QED) is 0.273. The van der Waals surface area contributed by atoms with E-state index in [-0.39, 0.29) is 16.9 Å². The number of nitrogens with one attached hydrogen (secondary N) is 1. The van der Waals surface area contributed by atoms with E-state index in [2.05, 4.69) is 31.6 Å². The molecule has 1 amide bonds. The van der Waals surface area contributed by atoms with Crippen molar-refractivity contribution in [2.24, 2.45) is 5.10 Å². The Morgan fingerprint density at radius 1 is 1.19 bits per heavy atom. The summed E-state index contributed by atoms with van der Waals surface area (Å²) < 4.78 is 8.15.